The van der Waals surface area contributed by atoms with E-state index in [0.717, 1.165) is 12.8 Å². The molecule has 1 aromatic carbocycles. The Morgan fingerprint density at radius 2 is 1.87 bits per heavy atom. The van der Waals surface area contributed by atoms with Crippen LogP contribution in [0.1, 0.15) is 32.8 Å². The minimum absolute atomic E-state index is 0.215. The van der Waals surface area contributed by atoms with Crippen molar-refractivity contribution in [3.63, 3.8) is 0 Å². The average molecular weight is 206 g/mol. The molecule has 0 atom stereocenters. The molecule has 0 unspecified atom stereocenters. The second kappa shape index (κ2) is 4.96. The van der Waals surface area contributed by atoms with E-state index < -0.39 is 0 Å². The highest BCUT2D eigenvalue weighted by atomic mass is 16.6. The van der Waals surface area contributed by atoms with Crippen LogP contribution in [0.2, 0.25) is 0 Å². The molecule has 82 valence electrons. The number of hydrogen-bond acceptors (Lipinski definition) is 2. The summed E-state index contributed by atoms with van der Waals surface area (Å²) in [6.07, 6.45) is 1.78. The maximum atomic E-state index is 10.8. The molecule has 0 aromatic heterocycles. The van der Waals surface area contributed by atoms with Gasteiger partial charge in [0.1, 0.15) is 5.60 Å². The van der Waals surface area contributed by atoms with Gasteiger partial charge in [-0.2, -0.15) is 0 Å². The quantitative estimate of drug-likeness (QED) is 0.708. The Labute approximate surface area is 91.3 Å². The molecule has 0 bridgehead atoms. The number of carbonyl (C=O) groups excluding carboxylic acids is 1. The number of hydrogen-bond donors (Lipinski definition) is 0. The fourth-order valence-electron chi connectivity index (χ4n) is 1.53. The van der Waals surface area contributed by atoms with E-state index in [1.165, 1.54) is 12.5 Å². The Kier molecular flexibility index (Phi) is 3.89. The summed E-state index contributed by atoms with van der Waals surface area (Å²) >= 11 is 0. The first-order chi connectivity index (χ1) is 6.99. The molecule has 15 heavy (non-hydrogen) atoms. The molecule has 0 aliphatic carbocycles. The highest BCUT2D eigenvalue weighted by molar-refractivity contribution is 5.66. The Morgan fingerprint density at radius 3 is 2.40 bits per heavy atom. The summed E-state index contributed by atoms with van der Waals surface area (Å²) in [7, 11) is 0. The Bertz CT molecular complexity index is 315. The molecular weight excluding hydrogens is 188 g/mol. The largest absolute Gasteiger partial charge is 0.460 e. The van der Waals surface area contributed by atoms with Gasteiger partial charge < -0.3 is 4.74 Å². The van der Waals surface area contributed by atoms with Crippen LogP contribution < -0.4 is 0 Å². The van der Waals surface area contributed by atoms with E-state index in [0.29, 0.717) is 0 Å². The highest BCUT2D eigenvalue weighted by Crippen LogP contribution is 2.17. The van der Waals surface area contributed by atoms with Crippen molar-refractivity contribution in [2.24, 2.45) is 0 Å². The summed E-state index contributed by atoms with van der Waals surface area (Å²) in [6, 6.07) is 10.2. The molecule has 0 saturated carbocycles. The molecule has 0 radical (unpaired) electrons. The van der Waals surface area contributed by atoms with Crippen LogP contribution in [0.25, 0.3) is 0 Å². The van der Waals surface area contributed by atoms with Crippen LogP contribution >= 0.6 is 0 Å². The van der Waals surface area contributed by atoms with Gasteiger partial charge in [0.15, 0.2) is 0 Å². The smallest absolute Gasteiger partial charge is 0.303 e. The number of benzene rings is 1. The lowest BCUT2D eigenvalue weighted by Gasteiger charge is -2.24. The molecule has 0 amide bonds. The predicted molar refractivity (Wildman–Crippen MR) is 60.6 cm³/mol. The van der Waals surface area contributed by atoms with Gasteiger partial charge in [0.2, 0.25) is 0 Å². The first-order valence-electron chi connectivity index (χ1n) is 5.23. The van der Waals surface area contributed by atoms with Crippen LogP contribution in [-0.2, 0) is 16.0 Å². The Balaban J connectivity index is 2.46. The molecule has 0 N–H and O–H groups in total. The minimum atomic E-state index is -0.373. The van der Waals surface area contributed by atoms with Crippen LogP contribution in [0.4, 0.5) is 0 Å². The number of rotatable bonds is 4. The zero-order chi connectivity index (χ0) is 11.3. The lowest BCUT2D eigenvalue weighted by atomic mass is 9.98. The van der Waals surface area contributed by atoms with Gasteiger partial charge in [0, 0.05) is 6.92 Å². The van der Waals surface area contributed by atoms with Crippen molar-refractivity contribution in [2.75, 3.05) is 0 Å². The van der Waals surface area contributed by atoms with E-state index in [1.54, 1.807) is 0 Å². The number of ether oxygens (including phenoxy) is 1. The third-order valence-corrected chi connectivity index (χ3v) is 2.28. The monoisotopic (exact) mass is 206 g/mol. The average Bonchev–Trinajstić information content (AvgIpc) is 2.15. The molecule has 0 heterocycles. The number of aryl methyl sites for hydroxylation is 1. The fourth-order valence-corrected chi connectivity index (χ4v) is 1.53. The zero-order valence-electron chi connectivity index (χ0n) is 9.62. The van der Waals surface area contributed by atoms with Crippen molar-refractivity contribution in [3.05, 3.63) is 35.9 Å². The lowest BCUT2D eigenvalue weighted by molar-refractivity contribution is -0.154. The standard InChI is InChI=1S/C13H18O2/c1-11(14)15-13(2,3)10-9-12-7-5-4-6-8-12/h4-8H,9-10H2,1-3H3. The predicted octanol–water partition coefficient (Wildman–Crippen LogP) is 2.96. The first-order valence-corrected chi connectivity index (χ1v) is 5.23. The SMILES string of the molecule is CC(=O)OC(C)(C)CCc1ccccc1. The molecule has 2 heteroatoms. The summed E-state index contributed by atoms with van der Waals surface area (Å²) in [4.78, 5) is 10.8. The minimum Gasteiger partial charge on any atom is -0.460 e. The van der Waals surface area contributed by atoms with Gasteiger partial charge in [-0.3, -0.25) is 4.79 Å². The summed E-state index contributed by atoms with van der Waals surface area (Å²) < 4.78 is 5.22. The van der Waals surface area contributed by atoms with Crippen molar-refractivity contribution < 1.29 is 9.53 Å². The van der Waals surface area contributed by atoms with Gasteiger partial charge in [-0.25, -0.2) is 0 Å². The van der Waals surface area contributed by atoms with Crippen LogP contribution in [0.3, 0.4) is 0 Å². The van der Waals surface area contributed by atoms with Gasteiger partial charge in [-0.15, -0.1) is 0 Å². The van der Waals surface area contributed by atoms with Gasteiger partial charge in [0.05, 0.1) is 0 Å². The summed E-state index contributed by atoms with van der Waals surface area (Å²) in [5.41, 5.74) is 0.902. The highest BCUT2D eigenvalue weighted by Gasteiger charge is 2.20. The fraction of sp³-hybridized carbons (Fsp3) is 0.462. The van der Waals surface area contributed by atoms with Crippen LogP contribution in [-0.4, -0.2) is 11.6 Å². The Hall–Kier alpha value is -1.31. The molecule has 0 saturated heterocycles. The second-order valence-corrected chi connectivity index (χ2v) is 4.34. The summed E-state index contributed by atoms with van der Waals surface area (Å²) in [5, 5.41) is 0. The van der Waals surface area contributed by atoms with Crippen molar-refractivity contribution in [1.82, 2.24) is 0 Å². The van der Waals surface area contributed by atoms with E-state index >= 15 is 0 Å². The van der Waals surface area contributed by atoms with Crippen molar-refractivity contribution in [3.8, 4) is 0 Å². The maximum Gasteiger partial charge on any atom is 0.303 e. The summed E-state index contributed by atoms with van der Waals surface area (Å²) in [5.74, 6) is -0.215. The van der Waals surface area contributed by atoms with Crippen molar-refractivity contribution in [1.29, 1.82) is 0 Å². The second-order valence-electron chi connectivity index (χ2n) is 4.34. The van der Waals surface area contributed by atoms with Crippen molar-refractivity contribution in [2.45, 2.75) is 39.2 Å². The maximum absolute atomic E-state index is 10.8. The topological polar surface area (TPSA) is 26.3 Å². The lowest BCUT2D eigenvalue weighted by Crippen LogP contribution is -2.27. The molecule has 1 rings (SSSR count). The van der Waals surface area contributed by atoms with E-state index in [9.17, 15) is 4.79 Å². The van der Waals surface area contributed by atoms with Crippen LogP contribution in [0, 0.1) is 0 Å². The molecule has 0 fully saturated rings. The van der Waals surface area contributed by atoms with E-state index in [2.05, 4.69) is 12.1 Å². The summed E-state index contributed by atoms with van der Waals surface area (Å²) in [6.45, 7) is 5.33. The van der Waals surface area contributed by atoms with E-state index in [4.69, 9.17) is 4.74 Å². The molecule has 0 aliphatic heterocycles. The van der Waals surface area contributed by atoms with Crippen LogP contribution in [0.15, 0.2) is 30.3 Å². The number of carbonyl (C=O) groups is 1. The zero-order valence-corrected chi connectivity index (χ0v) is 9.62. The van der Waals surface area contributed by atoms with Crippen molar-refractivity contribution >= 4 is 5.97 Å². The van der Waals surface area contributed by atoms with Gasteiger partial charge in [-0.1, -0.05) is 30.3 Å². The van der Waals surface area contributed by atoms with E-state index in [-0.39, 0.29) is 11.6 Å². The molecule has 2 nitrogen and oxygen atoms in total. The van der Waals surface area contributed by atoms with Gasteiger partial charge in [-0.05, 0) is 32.3 Å². The normalized spacial score (nSPS) is 11.1. The molecular formula is C13H18O2. The Morgan fingerprint density at radius 1 is 1.27 bits per heavy atom. The third kappa shape index (κ3) is 4.63. The first kappa shape index (κ1) is 11.8. The van der Waals surface area contributed by atoms with E-state index in [1.807, 2.05) is 32.0 Å². The number of esters is 1. The molecule has 0 aliphatic rings. The van der Waals surface area contributed by atoms with Crippen LogP contribution in [0.5, 0.6) is 0 Å². The molecule has 0 spiro atoms. The molecule has 1 aromatic rings. The van der Waals surface area contributed by atoms with Gasteiger partial charge >= 0.3 is 5.97 Å². The third-order valence-electron chi connectivity index (χ3n) is 2.28. The van der Waals surface area contributed by atoms with Gasteiger partial charge in [0.25, 0.3) is 0 Å².